The molecule has 28 heavy (non-hydrogen) atoms. The lowest BCUT2D eigenvalue weighted by Gasteiger charge is -2.20. The summed E-state index contributed by atoms with van der Waals surface area (Å²) < 4.78 is 5.19. The minimum Gasteiger partial charge on any atom is -0.444 e. The van der Waals surface area contributed by atoms with Gasteiger partial charge in [-0.3, -0.25) is 9.98 Å². The zero-order valence-corrected chi connectivity index (χ0v) is 19.2. The number of hydrogen-bond acceptors (Lipinski definition) is 4. The third-order valence-electron chi connectivity index (χ3n) is 3.71. The Kier molecular flexibility index (Phi) is 9.98. The maximum atomic E-state index is 11.6. The lowest BCUT2D eigenvalue weighted by atomic mass is 10.1. The molecule has 0 aliphatic rings. The van der Waals surface area contributed by atoms with Crippen molar-refractivity contribution in [1.82, 2.24) is 20.9 Å². The van der Waals surface area contributed by atoms with Crippen LogP contribution in [0.1, 0.15) is 26.3 Å². The number of aromatic nitrogens is 1. The molecule has 0 aliphatic heterocycles. The molecule has 0 spiro atoms. The van der Waals surface area contributed by atoms with E-state index >= 15 is 0 Å². The van der Waals surface area contributed by atoms with Crippen molar-refractivity contribution < 1.29 is 9.53 Å². The predicted octanol–water partition coefficient (Wildman–Crippen LogP) is 3.09. The van der Waals surface area contributed by atoms with Crippen LogP contribution in [0.2, 0.25) is 0 Å². The largest absolute Gasteiger partial charge is 0.444 e. The molecule has 1 heterocycles. The summed E-state index contributed by atoms with van der Waals surface area (Å²) in [5, 5.41) is 10.3. The van der Waals surface area contributed by atoms with Crippen LogP contribution in [0.25, 0.3) is 10.9 Å². The van der Waals surface area contributed by atoms with Crippen molar-refractivity contribution in [3.05, 3.63) is 42.1 Å². The average Bonchev–Trinajstić information content (AvgIpc) is 2.62. The van der Waals surface area contributed by atoms with Gasteiger partial charge in [0.1, 0.15) is 5.60 Å². The molecule has 1 aromatic carbocycles. The summed E-state index contributed by atoms with van der Waals surface area (Å²) in [4.78, 5) is 20.3. The molecule has 0 radical (unpaired) electrons. The van der Waals surface area contributed by atoms with Crippen LogP contribution in [0.3, 0.4) is 0 Å². The summed E-state index contributed by atoms with van der Waals surface area (Å²) in [6.45, 7) is 7.23. The van der Waals surface area contributed by atoms with Crippen molar-refractivity contribution in [2.24, 2.45) is 4.99 Å². The van der Waals surface area contributed by atoms with Crippen LogP contribution in [-0.4, -0.2) is 49.3 Å². The van der Waals surface area contributed by atoms with E-state index in [0.717, 1.165) is 23.9 Å². The number of amides is 1. The lowest BCUT2D eigenvalue weighted by molar-refractivity contribution is 0.0529. The number of nitrogens with zero attached hydrogens (tertiary/aromatic N) is 2. The fraction of sp³-hybridized carbons (Fsp3) is 0.450. The maximum absolute atomic E-state index is 11.6. The molecule has 7 nitrogen and oxygen atoms in total. The minimum absolute atomic E-state index is 0. The molecule has 2 aromatic rings. The Morgan fingerprint density at radius 3 is 2.46 bits per heavy atom. The molecule has 0 aliphatic carbocycles. The lowest BCUT2D eigenvalue weighted by Crippen LogP contribution is -2.43. The second-order valence-corrected chi connectivity index (χ2v) is 7.10. The van der Waals surface area contributed by atoms with Crippen molar-refractivity contribution in [2.75, 3.05) is 26.7 Å². The van der Waals surface area contributed by atoms with Gasteiger partial charge in [-0.15, -0.1) is 24.0 Å². The first-order valence-corrected chi connectivity index (χ1v) is 9.13. The normalized spacial score (nSPS) is 11.5. The number of carbonyl (C=O) groups is 1. The molecule has 0 bridgehead atoms. The summed E-state index contributed by atoms with van der Waals surface area (Å²) in [5.74, 6) is 0.689. The molecule has 0 fully saturated rings. The topological polar surface area (TPSA) is 87.6 Å². The van der Waals surface area contributed by atoms with Crippen LogP contribution in [0.15, 0.2) is 41.5 Å². The van der Waals surface area contributed by atoms with Gasteiger partial charge in [0.05, 0.1) is 5.52 Å². The van der Waals surface area contributed by atoms with Crippen LogP contribution in [-0.2, 0) is 11.2 Å². The number of fused-ring (bicyclic) bond motifs is 1. The molecule has 1 aromatic heterocycles. The first kappa shape index (κ1) is 23.9. The van der Waals surface area contributed by atoms with Crippen LogP contribution in [0.5, 0.6) is 0 Å². The highest BCUT2D eigenvalue weighted by atomic mass is 127. The molecule has 8 heteroatoms. The van der Waals surface area contributed by atoms with E-state index in [-0.39, 0.29) is 24.0 Å². The molecule has 0 atom stereocenters. The fourth-order valence-corrected chi connectivity index (χ4v) is 2.56. The zero-order valence-electron chi connectivity index (χ0n) is 16.9. The second kappa shape index (κ2) is 11.7. The highest BCUT2D eigenvalue weighted by Gasteiger charge is 2.15. The van der Waals surface area contributed by atoms with Gasteiger partial charge in [-0.25, -0.2) is 4.79 Å². The summed E-state index contributed by atoms with van der Waals surface area (Å²) in [5.41, 5.74) is 1.74. The van der Waals surface area contributed by atoms with Gasteiger partial charge in [0.15, 0.2) is 5.96 Å². The monoisotopic (exact) mass is 499 g/mol. The van der Waals surface area contributed by atoms with Crippen molar-refractivity contribution in [3.8, 4) is 0 Å². The standard InChI is InChI=1S/C20H29N5O2.HI/c1-20(2,3)27-19(26)25-14-13-24-18(21-4)23-12-10-16-8-5-7-15-9-6-11-22-17(15)16;/h5-9,11H,10,12-14H2,1-4H3,(H,25,26)(H2,21,23,24);1H. The number of halogens is 1. The van der Waals surface area contributed by atoms with E-state index in [0.29, 0.717) is 19.0 Å². The fourth-order valence-electron chi connectivity index (χ4n) is 2.56. The van der Waals surface area contributed by atoms with Crippen LogP contribution < -0.4 is 16.0 Å². The van der Waals surface area contributed by atoms with Crippen molar-refractivity contribution in [1.29, 1.82) is 0 Å². The quantitative estimate of drug-likeness (QED) is 0.246. The highest BCUT2D eigenvalue weighted by molar-refractivity contribution is 14.0. The van der Waals surface area contributed by atoms with Gasteiger partial charge in [-0.05, 0) is 38.8 Å². The van der Waals surface area contributed by atoms with E-state index in [9.17, 15) is 4.79 Å². The van der Waals surface area contributed by atoms with Crippen LogP contribution in [0, 0.1) is 0 Å². The van der Waals surface area contributed by atoms with Crippen molar-refractivity contribution in [3.63, 3.8) is 0 Å². The molecular formula is C20H30IN5O2. The SMILES string of the molecule is CN=C(NCCNC(=O)OC(C)(C)C)NCCc1cccc2cccnc12.I. The van der Waals surface area contributed by atoms with Gasteiger partial charge in [-0.1, -0.05) is 24.3 Å². The Bertz CT molecular complexity index is 784. The third kappa shape index (κ3) is 8.28. The zero-order chi connectivity index (χ0) is 19.7. The summed E-state index contributed by atoms with van der Waals surface area (Å²) in [6.07, 6.45) is 2.23. The van der Waals surface area contributed by atoms with Crippen LogP contribution >= 0.6 is 24.0 Å². The first-order chi connectivity index (χ1) is 12.9. The van der Waals surface area contributed by atoms with Gasteiger partial charge in [-0.2, -0.15) is 0 Å². The number of hydrogen-bond donors (Lipinski definition) is 3. The number of rotatable bonds is 6. The van der Waals surface area contributed by atoms with Gasteiger partial charge in [0, 0.05) is 38.3 Å². The number of alkyl carbamates (subject to hydrolysis) is 1. The number of ether oxygens (including phenoxy) is 1. The number of para-hydroxylation sites is 1. The number of carbonyl (C=O) groups excluding carboxylic acids is 1. The molecule has 0 saturated carbocycles. The van der Waals surface area contributed by atoms with E-state index < -0.39 is 11.7 Å². The van der Waals surface area contributed by atoms with Gasteiger partial charge in [0.2, 0.25) is 0 Å². The van der Waals surface area contributed by atoms with Gasteiger partial charge < -0.3 is 20.7 Å². The first-order valence-electron chi connectivity index (χ1n) is 9.13. The maximum Gasteiger partial charge on any atom is 0.407 e. The highest BCUT2D eigenvalue weighted by Crippen LogP contribution is 2.15. The molecule has 154 valence electrons. The van der Waals surface area contributed by atoms with Crippen LogP contribution in [0.4, 0.5) is 4.79 Å². The third-order valence-corrected chi connectivity index (χ3v) is 3.71. The second-order valence-electron chi connectivity index (χ2n) is 7.10. The van der Waals surface area contributed by atoms with Gasteiger partial charge >= 0.3 is 6.09 Å². The van der Waals surface area contributed by atoms with Crippen molar-refractivity contribution >= 4 is 46.9 Å². The Labute approximate surface area is 183 Å². The summed E-state index contributed by atoms with van der Waals surface area (Å²) >= 11 is 0. The Morgan fingerprint density at radius 1 is 1.07 bits per heavy atom. The summed E-state index contributed by atoms with van der Waals surface area (Å²) in [6, 6.07) is 10.2. The number of aliphatic imine (C=N–C) groups is 1. The Hall–Kier alpha value is -2.10. The number of pyridine rings is 1. The molecule has 1 amide bonds. The number of guanidine groups is 1. The number of nitrogens with one attached hydrogen (secondary N) is 3. The molecular weight excluding hydrogens is 469 g/mol. The summed E-state index contributed by atoms with van der Waals surface area (Å²) in [7, 11) is 1.72. The minimum atomic E-state index is -0.494. The average molecular weight is 499 g/mol. The predicted molar refractivity (Wildman–Crippen MR) is 124 cm³/mol. The van der Waals surface area contributed by atoms with Crippen molar-refractivity contribution in [2.45, 2.75) is 32.8 Å². The van der Waals surface area contributed by atoms with E-state index in [1.165, 1.54) is 5.56 Å². The Balaban J connectivity index is 0.00000392. The molecule has 3 N–H and O–H groups in total. The molecule has 0 unspecified atom stereocenters. The smallest absolute Gasteiger partial charge is 0.407 e. The number of benzene rings is 1. The van der Waals surface area contributed by atoms with E-state index in [1.54, 1.807) is 7.05 Å². The molecule has 2 rings (SSSR count). The van der Waals surface area contributed by atoms with E-state index in [2.05, 4.69) is 50.2 Å². The van der Waals surface area contributed by atoms with E-state index in [1.807, 2.05) is 33.0 Å². The van der Waals surface area contributed by atoms with Gasteiger partial charge in [0.25, 0.3) is 0 Å². The van der Waals surface area contributed by atoms with E-state index in [4.69, 9.17) is 4.74 Å². The Morgan fingerprint density at radius 2 is 1.75 bits per heavy atom. The molecule has 0 saturated heterocycles.